The molecule has 1 aromatic rings. The Morgan fingerprint density at radius 2 is 1.88 bits per heavy atom. The fourth-order valence-corrected chi connectivity index (χ4v) is 3.57. The van der Waals surface area contributed by atoms with E-state index in [2.05, 4.69) is 22.6 Å². The van der Waals surface area contributed by atoms with E-state index >= 15 is 0 Å². The molecule has 1 unspecified atom stereocenters. The number of carbonyl (C=O) groups excluding carboxylic acids is 2. The van der Waals surface area contributed by atoms with Gasteiger partial charge in [-0.15, -0.1) is 0 Å². The molecule has 1 atom stereocenters. The number of nitrogens with zero attached hydrogens (tertiary/aromatic N) is 2. The molecule has 0 aromatic heterocycles. The number of rotatable bonds is 6. The van der Waals surface area contributed by atoms with E-state index in [4.69, 9.17) is 0 Å². The first-order chi connectivity index (χ1) is 12.6. The molecule has 2 amide bonds. The van der Waals surface area contributed by atoms with Crippen molar-refractivity contribution in [3.63, 3.8) is 0 Å². The van der Waals surface area contributed by atoms with E-state index in [-0.39, 0.29) is 11.8 Å². The van der Waals surface area contributed by atoms with E-state index in [0.29, 0.717) is 18.8 Å². The number of nitrogens with one attached hydrogen (secondary N) is 2. The van der Waals surface area contributed by atoms with Crippen LogP contribution in [0.4, 0.5) is 5.69 Å². The first-order valence-electron chi connectivity index (χ1n) is 9.66. The average Bonchev–Trinajstić information content (AvgIpc) is 3.16. The second-order valence-electron chi connectivity index (χ2n) is 7.50. The number of benzene rings is 1. The summed E-state index contributed by atoms with van der Waals surface area (Å²) >= 11 is 0. The third-order valence-corrected chi connectivity index (χ3v) is 5.39. The molecule has 2 aliphatic heterocycles. The molecule has 26 heavy (non-hydrogen) atoms. The Balaban J connectivity index is 1.42. The van der Waals surface area contributed by atoms with Crippen LogP contribution in [0.5, 0.6) is 0 Å². The molecule has 0 bridgehead atoms. The largest absolute Gasteiger partial charge is 0.340 e. The highest BCUT2D eigenvalue weighted by Gasteiger charge is 2.19. The molecule has 2 fully saturated rings. The van der Waals surface area contributed by atoms with E-state index in [1.165, 1.54) is 6.42 Å². The number of amides is 2. The van der Waals surface area contributed by atoms with Crippen molar-refractivity contribution in [1.29, 1.82) is 0 Å². The van der Waals surface area contributed by atoms with Gasteiger partial charge in [0.05, 0.1) is 6.42 Å². The highest BCUT2D eigenvalue weighted by molar-refractivity contribution is 5.90. The summed E-state index contributed by atoms with van der Waals surface area (Å²) in [6.45, 7) is 5.59. The zero-order valence-corrected chi connectivity index (χ0v) is 15.7. The van der Waals surface area contributed by atoms with Gasteiger partial charge < -0.3 is 20.4 Å². The highest BCUT2D eigenvalue weighted by Crippen LogP contribution is 2.16. The maximum absolute atomic E-state index is 12.4. The normalized spacial score (nSPS) is 21.0. The third-order valence-electron chi connectivity index (χ3n) is 5.39. The zero-order valence-electron chi connectivity index (χ0n) is 15.7. The standard InChI is InChI=1S/C20H30N4O2/c1-23-10-12-24(13-11-23)20(26)14-16-2-5-18(6-3-16)22-19(25)7-4-17-8-9-21-15-17/h2-3,5-6,17,21H,4,7-15H2,1H3,(H,22,25). The van der Waals surface area contributed by atoms with Crippen LogP contribution in [-0.2, 0) is 16.0 Å². The van der Waals surface area contributed by atoms with Crippen LogP contribution in [-0.4, -0.2) is 67.9 Å². The van der Waals surface area contributed by atoms with Crippen molar-refractivity contribution < 1.29 is 9.59 Å². The molecule has 3 rings (SSSR count). The van der Waals surface area contributed by atoms with Crippen LogP contribution in [0.2, 0.25) is 0 Å². The SMILES string of the molecule is CN1CCN(C(=O)Cc2ccc(NC(=O)CCC3CCNC3)cc2)CC1. The molecular formula is C20H30N4O2. The summed E-state index contributed by atoms with van der Waals surface area (Å²) in [4.78, 5) is 28.6. The molecule has 6 heteroatoms. The van der Waals surface area contributed by atoms with Crippen LogP contribution < -0.4 is 10.6 Å². The minimum atomic E-state index is 0.0677. The molecule has 2 saturated heterocycles. The maximum atomic E-state index is 12.4. The number of anilines is 1. The van der Waals surface area contributed by atoms with Crippen LogP contribution in [0, 0.1) is 5.92 Å². The van der Waals surface area contributed by atoms with E-state index in [1.54, 1.807) is 0 Å². The fraction of sp³-hybridized carbons (Fsp3) is 0.600. The molecule has 1 aromatic carbocycles. The van der Waals surface area contributed by atoms with Crippen molar-refractivity contribution in [1.82, 2.24) is 15.1 Å². The molecule has 2 aliphatic rings. The van der Waals surface area contributed by atoms with Crippen molar-refractivity contribution in [3.8, 4) is 0 Å². The van der Waals surface area contributed by atoms with Crippen molar-refractivity contribution in [2.24, 2.45) is 5.92 Å². The zero-order chi connectivity index (χ0) is 18.4. The van der Waals surface area contributed by atoms with Crippen molar-refractivity contribution in [2.45, 2.75) is 25.7 Å². The Morgan fingerprint density at radius 1 is 1.15 bits per heavy atom. The number of piperazine rings is 1. The van der Waals surface area contributed by atoms with Gasteiger partial charge in [0.25, 0.3) is 0 Å². The van der Waals surface area contributed by atoms with E-state index in [1.807, 2.05) is 29.2 Å². The summed E-state index contributed by atoms with van der Waals surface area (Å²) < 4.78 is 0. The van der Waals surface area contributed by atoms with E-state index < -0.39 is 0 Å². The summed E-state index contributed by atoms with van der Waals surface area (Å²) in [6.07, 6.45) is 3.10. The molecule has 6 nitrogen and oxygen atoms in total. The number of hydrogen-bond acceptors (Lipinski definition) is 4. The summed E-state index contributed by atoms with van der Waals surface area (Å²) in [5.74, 6) is 0.877. The fourth-order valence-electron chi connectivity index (χ4n) is 3.57. The van der Waals surface area contributed by atoms with Gasteiger partial charge in [0.2, 0.25) is 11.8 Å². The Hall–Kier alpha value is -1.92. The summed E-state index contributed by atoms with van der Waals surface area (Å²) in [6, 6.07) is 7.65. The van der Waals surface area contributed by atoms with Crippen molar-refractivity contribution in [3.05, 3.63) is 29.8 Å². The average molecular weight is 358 g/mol. The first-order valence-corrected chi connectivity index (χ1v) is 9.66. The first kappa shape index (κ1) is 18.9. The smallest absolute Gasteiger partial charge is 0.227 e. The Kier molecular flexibility index (Phi) is 6.63. The predicted octanol–water partition coefficient (Wildman–Crippen LogP) is 1.33. The van der Waals surface area contributed by atoms with Crippen molar-refractivity contribution >= 4 is 17.5 Å². The van der Waals surface area contributed by atoms with Gasteiger partial charge in [-0.2, -0.15) is 0 Å². The minimum Gasteiger partial charge on any atom is -0.340 e. The molecule has 2 N–H and O–H groups in total. The number of carbonyl (C=O) groups is 2. The summed E-state index contributed by atoms with van der Waals surface area (Å²) in [7, 11) is 2.08. The second-order valence-corrected chi connectivity index (χ2v) is 7.50. The summed E-state index contributed by atoms with van der Waals surface area (Å²) in [5.41, 5.74) is 1.79. The Labute approximate surface area is 155 Å². The van der Waals surface area contributed by atoms with Gasteiger partial charge in [-0.25, -0.2) is 0 Å². The van der Waals surface area contributed by atoms with Crippen LogP contribution in [0.3, 0.4) is 0 Å². The molecule has 2 heterocycles. The monoisotopic (exact) mass is 358 g/mol. The lowest BCUT2D eigenvalue weighted by atomic mass is 10.0. The number of likely N-dealkylation sites (N-methyl/N-ethyl adjacent to an activating group) is 1. The van der Waals surface area contributed by atoms with E-state index in [0.717, 1.165) is 56.9 Å². The van der Waals surface area contributed by atoms with Crippen LogP contribution in [0.1, 0.15) is 24.8 Å². The third kappa shape index (κ3) is 5.54. The molecular weight excluding hydrogens is 328 g/mol. The molecule has 0 saturated carbocycles. The lowest BCUT2D eigenvalue weighted by molar-refractivity contribution is -0.132. The second kappa shape index (κ2) is 9.14. The lowest BCUT2D eigenvalue weighted by Gasteiger charge is -2.32. The van der Waals surface area contributed by atoms with Crippen molar-refractivity contribution in [2.75, 3.05) is 51.6 Å². The lowest BCUT2D eigenvalue weighted by Crippen LogP contribution is -2.47. The highest BCUT2D eigenvalue weighted by atomic mass is 16.2. The van der Waals surface area contributed by atoms with Gasteiger partial charge in [-0.05, 0) is 56.6 Å². The van der Waals surface area contributed by atoms with E-state index in [9.17, 15) is 9.59 Å². The summed E-state index contributed by atoms with van der Waals surface area (Å²) in [5, 5.41) is 6.28. The van der Waals surface area contributed by atoms with Gasteiger partial charge in [0.1, 0.15) is 0 Å². The van der Waals surface area contributed by atoms with Gasteiger partial charge in [-0.1, -0.05) is 12.1 Å². The van der Waals surface area contributed by atoms with Crippen LogP contribution in [0.25, 0.3) is 0 Å². The van der Waals surface area contributed by atoms with Crippen LogP contribution in [0.15, 0.2) is 24.3 Å². The van der Waals surface area contributed by atoms with Gasteiger partial charge >= 0.3 is 0 Å². The van der Waals surface area contributed by atoms with Gasteiger partial charge in [0.15, 0.2) is 0 Å². The maximum Gasteiger partial charge on any atom is 0.227 e. The van der Waals surface area contributed by atoms with Gasteiger partial charge in [0, 0.05) is 38.3 Å². The number of hydrogen-bond donors (Lipinski definition) is 2. The van der Waals surface area contributed by atoms with Crippen LogP contribution >= 0.6 is 0 Å². The topological polar surface area (TPSA) is 64.7 Å². The Morgan fingerprint density at radius 3 is 2.54 bits per heavy atom. The Bertz CT molecular complexity index is 603. The molecule has 0 radical (unpaired) electrons. The molecule has 0 aliphatic carbocycles. The molecule has 142 valence electrons. The predicted molar refractivity (Wildman–Crippen MR) is 103 cm³/mol. The minimum absolute atomic E-state index is 0.0677. The van der Waals surface area contributed by atoms with Gasteiger partial charge in [-0.3, -0.25) is 9.59 Å². The quantitative estimate of drug-likeness (QED) is 0.805. The molecule has 0 spiro atoms.